The van der Waals surface area contributed by atoms with Crippen molar-refractivity contribution in [2.45, 2.75) is 25.5 Å². The SMILES string of the molecule is CCOc1ccccc1-c1csc(NC(=O)C2CCN(S(=O)(=O)Cc3ccccc3)CC2)n1. The van der Waals surface area contributed by atoms with E-state index in [4.69, 9.17) is 4.74 Å². The van der Waals surface area contributed by atoms with Gasteiger partial charge in [0.2, 0.25) is 15.9 Å². The first-order chi connectivity index (χ1) is 16.0. The van der Waals surface area contributed by atoms with Crippen LogP contribution in [0.1, 0.15) is 25.3 Å². The lowest BCUT2D eigenvalue weighted by molar-refractivity contribution is -0.120. The van der Waals surface area contributed by atoms with Crippen molar-refractivity contribution >= 4 is 32.4 Å². The molecule has 7 nitrogen and oxygen atoms in total. The number of para-hydroxylation sites is 1. The molecular formula is C24H27N3O4S2. The summed E-state index contributed by atoms with van der Waals surface area (Å²) in [4.78, 5) is 17.4. The van der Waals surface area contributed by atoms with Gasteiger partial charge in [0.25, 0.3) is 0 Å². The van der Waals surface area contributed by atoms with Crippen LogP contribution < -0.4 is 10.1 Å². The number of anilines is 1. The highest BCUT2D eigenvalue weighted by Crippen LogP contribution is 2.32. The zero-order valence-electron chi connectivity index (χ0n) is 18.4. The van der Waals surface area contributed by atoms with Gasteiger partial charge in [-0.25, -0.2) is 17.7 Å². The van der Waals surface area contributed by atoms with Gasteiger partial charge in [-0.05, 0) is 37.5 Å². The Hall–Kier alpha value is -2.75. The Balaban J connectivity index is 1.34. The van der Waals surface area contributed by atoms with Gasteiger partial charge in [0, 0.05) is 30.0 Å². The smallest absolute Gasteiger partial charge is 0.229 e. The van der Waals surface area contributed by atoms with Crippen LogP contribution in [-0.2, 0) is 20.6 Å². The molecule has 0 saturated carbocycles. The lowest BCUT2D eigenvalue weighted by Crippen LogP contribution is -2.41. The molecule has 0 unspecified atom stereocenters. The summed E-state index contributed by atoms with van der Waals surface area (Å²) in [5.74, 6) is 0.383. The van der Waals surface area contributed by atoms with Crippen LogP contribution in [0.4, 0.5) is 5.13 Å². The van der Waals surface area contributed by atoms with Crippen molar-refractivity contribution in [2.75, 3.05) is 25.0 Å². The van der Waals surface area contributed by atoms with Crippen molar-refractivity contribution < 1.29 is 17.9 Å². The number of piperidine rings is 1. The molecule has 3 aromatic rings. The van der Waals surface area contributed by atoms with Gasteiger partial charge in [0.15, 0.2) is 5.13 Å². The first-order valence-electron chi connectivity index (χ1n) is 11.0. The molecule has 4 rings (SSSR count). The summed E-state index contributed by atoms with van der Waals surface area (Å²) in [7, 11) is -3.40. The fourth-order valence-electron chi connectivity index (χ4n) is 3.89. The van der Waals surface area contributed by atoms with E-state index in [-0.39, 0.29) is 17.6 Å². The highest BCUT2D eigenvalue weighted by atomic mass is 32.2. The average Bonchev–Trinajstić information content (AvgIpc) is 3.28. The summed E-state index contributed by atoms with van der Waals surface area (Å²) >= 11 is 1.36. The van der Waals surface area contributed by atoms with E-state index < -0.39 is 10.0 Å². The molecule has 1 fully saturated rings. The molecule has 1 aromatic heterocycles. The van der Waals surface area contributed by atoms with E-state index in [0.717, 1.165) is 22.6 Å². The second-order valence-corrected chi connectivity index (χ2v) is 10.7. The van der Waals surface area contributed by atoms with Crippen molar-refractivity contribution in [3.8, 4) is 17.0 Å². The Labute approximate surface area is 198 Å². The molecule has 1 amide bonds. The predicted octanol–water partition coefficient (Wildman–Crippen LogP) is 4.39. The summed E-state index contributed by atoms with van der Waals surface area (Å²) in [6.45, 7) is 3.18. The van der Waals surface area contributed by atoms with Crippen molar-refractivity contribution in [3.05, 3.63) is 65.5 Å². The standard InChI is InChI=1S/C24H27N3O4S2/c1-2-31-22-11-7-6-10-20(22)21-16-32-24(25-21)26-23(28)19-12-14-27(15-13-19)33(29,30)17-18-8-4-3-5-9-18/h3-11,16,19H,2,12-15,17H2,1H3,(H,25,26,28). The molecule has 33 heavy (non-hydrogen) atoms. The monoisotopic (exact) mass is 485 g/mol. The molecule has 0 aliphatic carbocycles. The topological polar surface area (TPSA) is 88.6 Å². The Morgan fingerprint density at radius 3 is 2.55 bits per heavy atom. The third-order valence-corrected chi connectivity index (χ3v) is 8.21. The number of sulfonamides is 1. The van der Waals surface area contributed by atoms with Crippen LogP contribution in [0.2, 0.25) is 0 Å². The molecule has 9 heteroatoms. The van der Waals surface area contributed by atoms with Crippen molar-refractivity contribution in [1.82, 2.24) is 9.29 Å². The quantitative estimate of drug-likeness (QED) is 0.511. The summed E-state index contributed by atoms with van der Waals surface area (Å²) in [5, 5.41) is 5.33. The Kier molecular flexibility index (Phi) is 7.42. The maximum absolute atomic E-state index is 12.8. The van der Waals surface area contributed by atoms with Crippen LogP contribution in [-0.4, -0.2) is 43.3 Å². The Morgan fingerprint density at radius 1 is 1.12 bits per heavy atom. The molecule has 1 N–H and O–H groups in total. The molecular weight excluding hydrogens is 458 g/mol. The number of thiazole rings is 1. The summed E-state index contributed by atoms with van der Waals surface area (Å²) in [6, 6.07) is 16.8. The van der Waals surface area contributed by atoms with Crippen LogP contribution in [0.5, 0.6) is 5.75 Å². The number of carbonyl (C=O) groups excluding carboxylic acids is 1. The van der Waals surface area contributed by atoms with Gasteiger partial charge in [-0.1, -0.05) is 42.5 Å². The molecule has 1 aliphatic rings. The highest BCUT2D eigenvalue weighted by molar-refractivity contribution is 7.88. The van der Waals surface area contributed by atoms with Gasteiger partial charge in [0.05, 0.1) is 18.1 Å². The molecule has 0 spiro atoms. The van der Waals surface area contributed by atoms with Gasteiger partial charge in [0.1, 0.15) is 5.75 Å². The van der Waals surface area contributed by atoms with Crippen molar-refractivity contribution in [2.24, 2.45) is 5.92 Å². The van der Waals surface area contributed by atoms with E-state index in [2.05, 4.69) is 10.3 Å². The summed E-state index contributed by atoms with van der Waals surface area (Å²) in [6.07, 6.45) is 0.983. The van der Waals surface area contributed by atoms with Crippen molar-refractivity contribution in [3.63, 3.8) is 0 Å². The molecule has 0 radical (unpaired) electrons. The molecule has 2 heterocycles. The van der Waals surface area contributed by atoms with E-state index in [0.29, 0.717) is 37.7 Å². The minimum atomic E-state index is -3.40. The van der Waals surface area contributed by atoms with Gasteiger partial charge in [-0.15, -0.1) is 11.3 Å². The minimum Gasteiger partial charge on any atom is -0.493 e. The maximum atomic E-state index is 12.8. The second-order valence-electron chi connectivity index (χ2n) is 7.87. The molecule has 2 aromatic carbocycles. The average molecular weight is 486 g/mol. The zero-order chi connectivity index (χ0) is 23.3. The number of hydrogen-bond donors (Lipinski definition) is 1. The third-order valence-electron chi connectivity index (χ3n) is 5.61. The van der Waals surface area contributed by atoms with Crippen LogP contribution in [0.15, 0.2) is 60.0 Å². The van der Waals surface area contributed by atoms with Crippen molar-refractivity contribution in [1.29, 1.82) is 0 Å². The van der Waals surface area contributed by atoms with E-state index in [9.17, 15) is 13.2 Å². The van der Waals surface area contributed by atoms with E-state index >= 15 is 0 Å². The number of amides is 1. The molecule has 1 aliphatic heterocycles. The van der Waals surface area contributed by atoms with E-state index in [1.165, 1.54) is 15.6 Å². The lowest BCUT2D eigenvalue weighted by atomic mass is 9.97. The minimum absolute atomic E-state index is 0.0180. The number of aromatic nitrogens is 1. The van der Waals surface area contributed by atoms with Gasteiger partial charge < -0.3 is 10.1 Å². The number of nitrogens with zero attached hydrogens (tertiary/aromatic N) is 2. The first-order valence-corrected chi connectivity index (χ1v) is 13.5. The second kappa shape index (κ2) is 10.5. The van der Waals surface area contributed by atoms with Gasteiger partial charge in [-0.2, -0.15) is 0 Å². The van der Waals surface area contributed by atoms with E-state index in [1.54, 1.807) is 0 Å². The molecule has 1 saturated heterocycles. The van der Waals surface area contributed by atoms with Crippen LogP contribution in [0.25, 0.3) is 11.3 Å². The van der Waals surface area contributed by atoms with E-state index in [1.807, 2.05) is 66.9 Å². The molecule has 0 bridgehead atoms. The lowest BCUT2D eigenvalue weighted by Gasteiger charge is -2.30. The van der Waals surface area contributed by atoms with Gasteiger partial charge in [-0.3, -0.25) is 4.79 Å². The fourth-order valence-corrected chi connectivity index (χ4v) is 6.17. The Morgan fingerprint density at radius 2 is 1.82 bits per heavy atom. The number of carbonyl (C=O) groups is 1. The Bertz CT molecular complexity index is 1190. The van der Waals surface area contributed by atoms with Crippen LogP contribution in [0, 0.1) is 5.92 Å². The molecule has 0 atom stereocenters. The van der Waals surface area contributed by atoms with Crippen LogP contribution in [0.3, 0.4) is 0 Å². The fraction of sp³-hybridized carbons (Fsp3) is 0.333. The third kappa shape index (κ3) is 5.79. The first kappa shape index (κ1) is 23.4. The predicted molar refractivity (Wildman–Crippen MR) is 131 cm³/mol. The largest absolute Gasteiger partial charge is 0.493 e. The van der Waals surface area contributed by atoms with Crippen LogP contribution >= 0.6 is 11.3 Å². The van der Waals surface area contributed by atoms with Gasteiger partial charge >= 0.3 is 0 Å². The highest BCUT2D eigenvalue weighted by Gasteiger charge is 2.31. The summed E-state index contributed by atoms with van der Waals surface area (Å²) < 4.78 is 32.7. The summed E-state index contributed by atoms with van der Waals surface area (Å²) in [5.41, 5.74) is 2.40. The molecule has 174 valence electrons. The maximum Gasteiger partial charge on any atom is 0.229 e. The number of hydrogen-bond acceptors (Lipinski definition) is 6. The number of rotatable bonds is 8. The zero-order valence-corrected chi connectivity index (χ0v) is 20.1. The number of nitrogens with one attached hydrogen (secondary N) is 1. The number of ether oxygens (including phenoxy) is 1. The number of benzene rings is 2. The normalized spacial score (nSPS) is 15.3.